The normalized spacial score (nSPS) is 12.1. The zero-order valence-electron chi connectivity index (χ0n) is 10.7. The van der Waals surface area contributed by atoms with Gasteiger partial charge >= 0.3 is 0 Å². The molecule has 0 aliphatic carbocycles. The number of amides is 1. The van der Waals surface area contributed by atoms with E-state index in [0.717, 1.165) is 18.4 Å². The number of hydrogen-bond donors (Lipinski definition) is 1. The van der Waals surface area contributed by atoms with Gasteiger partial charge in [0.05, 0.1) is 15.3 Å². The highest BCUT2D eigenvalue weighted by molar-refractivity contribution is 7.17. The molecule has 1 heterocycles. The second kappa shape index (κ2) is 6.73. The predicted molar refractivity (Wildman–Crippen MR) is 80.9 cm³/mol. The SMILES string of the molecule is CCCC(NC(=O)c1ccc(Cl)s1)c1ccccc1. The molecule has 2 nitrogen and oxygen atoms in total. The lowest BCUT2D eigenvalue weighted by Gasteiger charge is -2.18. The van der Waals surface area contributed by atoms with E-state index in [-0.39, 0.29) is 11.9 Å². The van der Waals surface area contributed by atoms with E-state index in [1.807, 2.05) is 30.3 Å². The summed E-state index contributed by atoms with van der Waals surface area (Å²) in [6.45, 7) is 2.12. The number of hydrogen-bond acceptors (Lipinski definition) is 2. The highest BCUT2D eigenvalue weighted by Gasteiger charge is 2.16. The summed E-state index contributed by atoms with van der Waals surface area (Å²) in [6.07, 6.45) is 1.94. The number of thiophene rings is 1. The van der Waals surface area contributed by atoms with Crippen LogP contribution < -0.4 is 5.32 Å². The highest BCUT2D eigenvalue weighted by Crippen LogP contribution is 2.23. The summed E-state index contributed by atoms with van der Waals surface area (Å²) in [4.78, 5) is 12.8. The molecule has 2 aromatic rings. The summed E-state index contributed by atoms with van der Waals surface area (Å²) in [7, 11) is 0. The first-order chi connectivity index (χ1) is 9.20. The summed E-state index contributed by atoms with van der Waals surface area (Å²) in [5.74, 6) is -0.0563. The maximum Gasteiger partial charge on any atom is 0.261 e. The van der Waals surface area contributed by atoms with Gasteiger partial charge in [0, 0.05) is 0 Å². The van der Waals surface area contributed by atoms with Crippen LogP contribution in [0.3, 0.4) is 0 Å². The molecule has 0 spiro atoms. The molecule has 1 amide bonds. The Bertz CT molecular complexity index is 538. The fraction of sp³-hybridized carbons (Fsp3) is 0.267. The lowest BCUT2D eigenvalue weighted by Crippen LogP contribution is -2.27. The van der Waals surface area contributed by atoms with Gasteiger partial charge in [-0.05, 0) is 24.1 Å². The molecule has 0 aliphatic rings. The smallest absolute Gasteiger partial charge is 0.261 e. The molecule has 1 N–H and O–H groups in total. The van der Waals surface area contributed by atoms with Crippen LogP contribution in [0.25, 0.3) is 0 Å². The quantitative estimate of drug-likeness (QED) is 0.852. The number of nitrogens with one attached hydrogen (secondary N) is 1. The highest BCUT2D eigenvalue weighted by atomic mass is 35.5. The van der Waals surface area contributed by atoms with Crippen LogP contribution in [0.2, 0.25) is 4.34 Å². The van der Waals surface area contributed by atoms with Crippen LogP contribution in [0.4, 0.5) is 0 Å². The van der Waals surface area contributed by atoms with Crippen molar-refractivity contribution in [2.75, 3.05) is 0 Å². The fourth-order valence-corrected chi connectivity index (χ4v) is 2.91. The molecule has 0 aliphatic heterocycles. The third-order valence-corrected chi connectivity index (χ3v) is 4.11. The van der Waals surface area contributed by atoms with Crippen molar-refractivity contribution in [3.05, 3.63) is 57.2 Å². The molecule has 0 saturated heterocycles. The van der Waals surface area contributed by atoms with E-state index in [2.05, 4.69) is 12.2 Å². The van der Waals surface area contributed by atoms with Gasteiger partial charge in [-0.25, -0.2) is 0 Å². The minimum absolute atomic E-state index is 0.0552. The first-order valence-electron chi connectivity index (χ1n) is 6.32. The molecule has 0 bridgehead atoms. The van der Waals surface area contributed by atoms with E-state index in [9.17, 15) is 4.79 Å². The molecule has 0 fully saturated rings. The van der Waals surface area contributed by atoms with E-state index in [1.165, 1.54) is 11.3 Å². The summed E-state index contributed by atoms with van der Waals surface area (Å²) >= 11 is 7.16. The van der Waals surface area contributed by atoms with Crippen LogP contribution in [0.15, 0.2) is 42.5 Å². The first-order valence-corrected chi connectivity index (χ1v) is 7.51. The topological polar surface area (TPSA) is 29.1 Å². The Kier molecular flexibility index (Phi) is 5.00. The summed E-state index contributed by atoms with van der Waals surface area (Å²) in [6, 6.07) is 13.6. The molecule has 100 valence electrons. The molecule has 1 unspecified atom stereocenters. The van der Waals surface area contributed by atoms with Crippen molar-refractivity contribution >= 4 is 28.8 Å². The van der Waals surface area contributed by atoms with E-state index in [1.54, 1.807) is 12.1 Å². The first kappa shape index (κ1) is 14.1. The molecular weight excluding hydrogens is 278 g/mol. The van der Waals surface area contributed by atoms with Crippen LogP contribution >= 0.6 is 22.9 Å². The van der Waals surface area contributed by atoms with Crippen molar-refractivity contribution in [3.8, 4) is 0 Å². The Morgan fingerprint density at radius 2 is 2.00 bits per heavy atom. The van der Waals surface area contributed by atoms with E-state index >= 15 is 0 Å². The number of benzene rings is 1. The van der Waals surface area contributed by atoms with Crippen molar-refractivity contribution in [3.63, 3.8) is 0 Å². The molecular formula is C15H16ClNOS. The second-order valence-corrected chi connectivity index (χ2v) is 6.04. The lowest BCUT2D eigenvalue weighted by atomic mass is 10.0. The van der Waals surface area contributed by atoms with Gasteiger partial charge in [0.2, 0.25) is 0 Å². The third-order valence-electron chi connectivity index (χ3n) is 2.88. The Balaban J connectivity index is 2.11. The van der Waals surface area contributed by atoms with Crippen LogP contribution in [0.5, 0.6) is 0 Å². The van der Waals surface area contributed by atoms with Crippen LogP contribution in [-0.2, 0) is 0 Å². The maximum atomic E-state index is 12.2. The average molecular weight is 294 g/mol. The maximum absolute atomic E-state index is 12.2. The standard InChI is InChI=1S/C15H16ClNOS/c1-2-6-12(11-7-4-3-5-8-11)17-15(18)13-9-10-14(16)19-13/h3-5,7-10,12H,2,6H2,1H3,(H,17,18). The Hall–Kier alpha value is -1.32. The van der Waals surface area contributed by atoms with Gasteiger partial charge in [-0.2, -0.15) is 0 Å². The Morgan fingerprint density at radius 1 is 1.26 bits per heavy atom. The molecule has 0 radical (unpaired) electrons. The Labute approximate surface area is 122 Å². The molecule has 1 atom stereocenters. The van der Waals surface area contributed by atoms with E-state index in [0.29, 0.717) is 9.21 Å². The lowest BCUT2D eigenvalue weighted by molar-refractivity contribution is 0.0938. The van der Waals surface area contributed by atoms with Gasteiger partial charge in [-0.1, -0.05) is 55.3 Å². The van der Waals surface area contributed by atoms with Gasteiger partial charge in [0.15, 0.2) is 0 Å². The number of carbonyl (C=O) groups excluding carboxylic acids is 1. The summed E-state index contributed by atoms with van der Waals surface area (Å²) < 4.78 is 0.636. The van der Waals surface area contributed by atoms with Crippen molar-refractivity contribution in [1.82, 2.24) is 5.32 Å². The molecule has 2 rings (SSSR count). The minimum Gasteiger partial charge on any atom is -0.345 e. The van der Waals surface area contributed by atoms with Crippen molar-refractivity contribution in [2.24, 2.45) is 0 Å². The van der Waals surface area contributed by atoms with Gasteiger partial charge in [0.25, 0.3) is 5.91 Å². The molecule has 19 heavy (non-hydrogen) atoms. The zero-order chi connectivity index (χ0) is 13.7. The largest absolute Gasteiger partial charge is 0.345 e. The van der Waals surface area contributed by atoms with E-state index in [4.69, 9.17) is 11.6 Å². The fourth-order valence-electron chi connectivity index (χ4n) is 1.96. The van der Waals surface area contributed by atoms with Gasteiger partial charge < -0.3 is 5.32 Å². The van der Waals surface area contributed by atoms with Crippen molar-refractivity contribution in [2.45, 2.75) is 25.8 Å². The number of halogens is 1. The molecule has 1 aromatic heterocycles. The zero-order valence-corrected chi connectivity index (χ0v) is 12.3. The second-order valence-electron chi connectivity index (χ2n) is 4.33. The van der Waals surface area contributed by atoms with Crippen LogP contribution in [0.1, 0.15) is 41.0 Å². The molecule has 4 heteroatoms. The summed E-state index contributed by atoms with van der Waals surface area (Å²) in [5, 5.41) is 3.08. The number of rotatable bonds is 5. The molecule has 0 saturated carbocycles. The van der Waals surface area contributed by atoms with Gasteiger partial charge in [0.1, 0.15) is 0 Å². The van der Waals surface area contributed by atoms with Gasteiger partial charge in [-0.3, -0.25) is 4.79 Å². The Morgan fingerprint density at radius 3 is 2.58 bits per heavy atom. The van der Waals surface area contributed by atoms with Gasteiger partial charge in [-0.15, -0.1) is 11.3 Å². The van der Waals surface area contributed by atoms with Crippen molar-refractivity contribution in [1.29, 1.82) is 0 Å². The van der Waals surface area contributed by atoms with Crippen LogP contribution in [0, 0.1) is 0 Å². The predicted octanol–water partition coefficient (Wildman–Crippen LogP) is 4.67. The van der Waals surface area contributed by atoms with E-state index < -0.39 is 0 Å². The van der Waals surface area contributed by atoms with Crippen LogP contribution in [-0.4, -0.2) is 5.91 Å². The summed E-state index contributed by atoms with van der Waals surface area (Å²) in [5.41, 5.74) is 1.14. The third kappa shape index (κ3) is 3.82. The average Bonchev–Trinajstić information content (AvgIpc) is 2.86. The molecule has 1 aromatic carbocycles. The van der Waals surface area contributed by atoms with Crippen molar-refractivity contribution < 1.29 is 4.79 Å². The monoisotopic (exact) mass is 293 g/mol. The number of carbonyl (C=O) groups is 1. The minimum atomic E-state index is -0.0563.